The van der Waals surface area contributed by atoms with Crippen molar-refractivity contribution < 1.29 is 9.21 Å². The Morgan fingerprint density at radius 3 is 1.93 bits per heavy atom. The van der Waals surface area contributed by atoms with E-state index in [1.165, 1.54) is 0 Å². The fourth-order valence-corrected chi connectivity index (χ4v) is 3.26. The van der Waals surface area contributed by atoms with Crippen LogP contribution in [-0.4, -0.2) is 31.4 Å². The van der Waals surface area contributed by atoms with Gasteiger partial charge in [0.05, 0.1) is 12.0 Å². The van der Waals surface area contributed by atoms with Gasteiger partial charge < -0.3 is 9.73 Å². The molecule has 1 N–H and O–H groups in total. The van der Waals surface area contributed by atoms with E-state index >= 15 is 0 Å². The first-order valence-corrected chi connectivity index (χ1v) is 9.16. The summed E-state index contributed by atoms with van der Waals surface area (Å²) in [5.74, 6) is 1.37. The van der Waals surface area contributed by atoms with Crippen LogP contribution < -0.4 is 5.32 Å². The summed E-state index contributed by atoms with van der Waals surface area (Å²) in [6, 6.07) is 23.7. The molecule has 3 rings (SSSR count). The molecule has 1 aromatic heterocycles. The van der Waals surface area contributed by atoms with Gasteiger partial charge in [0.1, 0.15) is 11.5 Å². The first-order valence-electron chi connectivity index (χ1n) is 9.16. The van der Waals surface area contributed by atoms with E-state index in [9.17, 15) is 4.79 Å². The molecule has 0 aliphatic heterocycles. The maximum Gasteiger partial charge on any atom is 0.232 e. The zero-order chi connectivity index (χ0) is 19.2. The van der Waals surface area contributed by atoms with E-state index in [1.54, 1.807) is 0 Å². The summed E-state index contributed by atoms with van der Waals surface area (Å²) in [4.78, 5) is 15.2. The molecule has 140 valence electrons. The molecule has 2 aromatic carbocycles. The van der Waals surface area contributed by atoms with Crippen molar-refractivity contribution in [1.82, 2.24) is 10.2 Å². The number of carbonyl (C=O) groups excluding carboxylic acids is 1. The third-order valence-electron chi connectivity index (χ3n) is 4.71. The molecule has 1 atom stereocenters. The van der Waals surface area contributed by atoms with E-state index in [2.05, 4.69) is 10.2 Å². The van der Waals surface area contributed by atoms with Crippen LogP contribution in [-0.2, 0) is 4.79 Å². The zero-order valence-corrected chi connectivity index (χ0v) is 16.1. The highest BCUT2D eigenvalue weighted by Gasteiger charge is 2.25. The van der Waals surface area contributed by atoms with Gasteiger partial charge in [-0.3, -0.25) is 9.69 Å². The maximum atomic E-state index is 13.1. The molecule has 3 aromatic rings. The number of amides is 1. The van der Waals surface area contributed by atoms with E-state index in [4.69, 9.17) is 4.42 Å². The van der Waals surface area contributed by atoms with Crippen molar-refractivity contribution in [2.45, 2.75) is 18.9 Å². The minimum atomic E-state index is -0.339. The number of aryl methyl sites for hydroxylation is 1. The summed E-state index contributed by atoms with van der Waals surface area (Å²) in [7, 11) is 3.97. The Hall–Kier alpha value is -2.85. The topological polar surface area (TPSA) is 45.5 Å². The number of hydrogen-bond donors (Lipinski definition) is 1. The van der Waals surface area contributed by atoms with Gasteiger partial charge >= 0.3 is 0 Å². The Morgan fingerprint density at radius 1 is 0.926 bits per heavy atom. The molecule has 0 aliphatic rings. The molecule has 27 heavy (non-hydrogen) atoms. The molecule has 0 unspecified atom stereocenters. The molecule has 0 spiro atoms. The van der Waals surface area contributed by atoms with Crippen LogP contribution >= 0.6 is 0 Å². The van der Waals surface area contributed by atoms with E-state index in [0.29, 0.717) is 6.54 Å². The Labute approximate surface area is 160 Å². The van der Waals surface area contributed by atoms with Crippen LogP contribution in [0.5, 0.6) is 0 Å². The standard InChI is InChI=1S/C23H26N2O2/c1-17-14-15-21(27-17)20(25(2)3)16-24-23(26)22(18-10-6-4-7-11-18)19-12-8-5-9-13-19/h4-15,20,22H,16H2,1-3H3,(H,24,26)/t20-/m0/s1. The number of rotatable bonds is 7. The smallest absolute Gasteiger partial charge is 0.232 e. The molecule has 1 amide bonds. The summed E-state index contributed by atoms with van der Waals surface area (Å²) in [6.45, 7) is 2.41. The number of hydrogen-bond acceptors (Lipinski definition) is 3. The Balaban J connectivity index is 1.80. The van der Waals surface area contributed by atoms with Gasteiger partial charge in [-0.25, -0.2) is 0 Å². The number of likely N-dealkylation sites (N-methyl/N-ethyl adjacent to an activating group) is 1. The molecule has 0 radical (unpaired) electrons. The van der Waals surface area contributed by atoms with Gasteiger partial charge in [0, 0.05) is 6.54 Å². The van der Waals surface area contributed by atoms with Crippen molar-refractivity contribution in [1.29, 1.82) is 0 Å². The summed E-state index contributed by atoms with van der Waals surface area (Å²) in [5.41, 5.74) is 1.97. The summed E-state index contributed by atoms with van der Waals surface area (Å²) in [5, 5.41) is 3.13. The van der Waals surface area contributed by atoms with Crippen molar-refractivity contribution in [3.8, 4) is 0 Å². The number of nitrogens with zero attached hydrogens (tertiary/aromatic N) is 1. The SMILES string of the molecule is Cc1ccc([C@H](CNC(=O)C(c2ccccc2)c2ccccc2)N(C)C)o1. The van der Waals surface area contributed by atoms with Crippen molar-refractivity contribution >= 4 is 5.91 Å². The highest BCUT2D eigenvalue weighted by atomic mass is 16.3. The van der Waals surface area contributed by atoms with Crippen LogP contribution in [0.1, 0.15) is 34.6 Å². The van der Waals surface area contributed by atoms with Gasteiger partial charge in [0.2, 0.25) is 5.91 Å². The highest BCUT2D eigenvalue weighted by molar-refractivity contribution is 5.87. The second kappa shape index (κ2) is 8.69. The van der Waals surface area contributed by atoms with Crippen molar-refractivity contribution in [2.75, 3.05) is 20.6 Å². The molecule has 0 fully saturated rings. The number of furan rings is 1. The molecule has 1 heterocycles. The molecule has 0 saturated carbocycles. The Morgan fingerprint density at radius 2 is 1.48 bits per heavy atom. The third kappa shape index (κ3) is 4.66. The average Bonchev–Trinajstić information content (AvgIpc) is 3.09. The normalized spacial score (nSPS) is 12.3. The highest BCUT2D eigenvalue weighted by Crippen LogP contribution is 2.26. The van der Waals surface area contributed by atoms with Gasteiger partial charge in [0.25, 0.3) is 0 Å². The summed E-state index contributed by atoms with van der Waals surface area (Å²) >= 11 is 0. The van der Waals surface area contributed by atoms with Gasteiger partial charge in [-0.2, -0.15) is 0 Å². The van der Waals surface area contributed by atoms with Crippen LogP contribution in [0.15, 0.2) is 77.2 Å². The zero-order valence-electron chi connectivity index (χ0n) is 16.1. The van der Waals surface area contributed by atoms with Crippen molar-refractivity contribution in [3.63, 3.8) is 0 Å². The molecule has 4 nitrogen and oxygen atoms in total. The second-order valence-corrected chi connectivity index (χ2v) is 6.93. The fraction of sp³-hybridized carbons (Fsp3) is 0.261. The summed E-state index contributed by atoms with van der Waals surface area (Å²) < 4.78 is 5.78. The van der Waals surface area contributed by atoms with Gasteiger partial charge in [0.15, 0.2) is 0 Å². The fourth-order valence-electron chi connectivity index (χ4n) is 3.26. The predicted octanol–water partition coefficient (Wildman–Crippen LogP) is 4.14. The van der Waals surface area contributed by atoms with Crippen molar-refractivity contribution in [2.24, 2.45) is 0 Å². The van der Waals surface area contributed by atoms with Crippen LogP contribution in [0.2, 0.25) is 0 Å². The molecule has 0 saturated heterocycles. The monoisotopic (exact) mass is 362 g/mol. The van der Waals surface area contributed by atoms with E-state index < -0.39 is 0 Å². The average molecular weight is 362 g/mol. The minimum Gasteiger partial charge on any atom is -0.465 e. The largest absolute Gasteiger partial charge is 0.465 e. The minimum absolute atomic E-state index is 0.0115. The Bertz CT molecular complexity index is 817. The lowest BCUT2D eigenvalue weighted by Crippen LogP contribution is -2.37. The Kier molecular flexibility index (Phi) is 6.09. The maximum absolute atomic E-state index is 13.1. The number of benzene rings is 2. The van der Waals surface area contributed by atoms with E-state index in [1.807, 2.05) is 93.8 Å². The molecular formula is C23H26N2O2. The molecule has 0 aliphatic carbocycles. The van der Waals surface area contributed by atoms with Crippen LogP contribution in [0.25, 0.3) is 0 Å². The molecule has 0 bridgehead atoms. The number of carbonyl (C=O) groups is 1. The third-order valence-corrected chi connectivity index (χ3v) is 4.71. The first-order chi connectivity index (χ1) is 13.1. The van der Waals surface area contributed by atoms with Gasteiger partial charge in [-0.1, -0.05) is 60.7 Å². The lowest BCUT2D eigenvalue weighted by Gasteiger charge is -2.24. The lowest BCUT2D eigenvalue weighted by atomic mass is 9.90. The summed E-state index contributed by atoms with van der Waals surface area (Å²) in [6.07, 6.45) is 0. The molecule has 4 heteroatoms. The lowest BCUT2D eigenvalue weighted by molar-refractivity contribution is -0.121. The van der Waals surface area contributed by atoms with E-state index in [0.717, 1.165) is 22.6 Å². The first kappa shape index (κ1) is 18.9. The van der Waals surface area contributed by atoms with Crippen LogP contribution in [0, 0.1) is 6.92 Å². The van der Waals surface area contributed by atoms with Crippen LogP contribution in [0.3, 0.4) is 0 Å². The van der Waals surface area contributed by atoms with Gasteiger partial charge in [-0.15, -0.1) is 0 Å². The predicted molar refractivity (Wildman–Crippen MR) is 108 cm³/mol. The van der Waals surface area contributed by atoms with Crippen molar-refractivity contribution in [3.05, 3.63) is 95.4 Å². The quantitative estimate of drug-likeness (QED) is 0.687. The van der Waals surface area contributed by atoms with Gasteiger partial charge in [-0.05, 0) is 44.3 Å². The number of nitrogens with one attached hydrogen (secondary N) is 1. The van der Waals surface area contributed by atoms with E-state index in [-0.39, 0.29) is 17.9 Å². The van der Waals surface area contributed by atoms with Crippen LogP contribution in [0.4, 0.5) is 0 Å². The molecular weight excluding hydrogens is 336 g/mol. The second-order valence-electron chi connectivity index (χ2n) is 6.93.